The molecule has 4 rings (SSSR count). The third kappa shape index (κ3) is 4.15. The summed E-state index contributed by atoms with van der Waals surface area (Å²) in [6.07, 6.45) is 5.11. The van der Waals surface area contributed by atoms with Crippen molar-refractivity contribution >= 4 is 11.6 Å². The van der Waals surface area contributed by atoms with E-state index < -0.39 is 0 Å². The Morgan fingerprint density at radius 2 is 1.96 bits per heavy atom. The first kappa shape index (κ1) is 17.2. The lowest BCUT2D eigenvalue weighted by atomic mass is 10.1. The summed E-state index contributed by atoms with van der Waals surface area (Å²) in [4.78, 5) is 18.9. The van der Waals surface area contributed by atoms with Gasteiger partial charge >= 0.3 is 0 Å². The van der Waals surface area contributed by atoms with Gasteiger partial charge in [0.1, 0.15) is 0 Å². The van der Waals surface area contributed by atoms with Crippen LogP contribution in [0.2, 0.25) is 0 Å². The molecule has 0 spiro atoms. The van der Waals surface area contributed by atoms with Crippen molar-refractivity contribution in [1.82, 2.24) is 20.5 Å². The number of carbonyl (C=O) groups excluding carboxylic acids is 1. The lowest BCUT2D eigenvalue weighted by Gasteiger charge is -2.28. The summed E-state index contributed by atoms with van der Waals surface area (Å²) in [6.45, 7) is 3.49. The van der Waals surface area contributed by atoms with Gasteiger partial charge in [-0.2, -0.15) is 5.10 Å². The van der Waals surface area contributed by atoms with Crippen LogP contribution in [-0.4, -0.2) is 47.4 Å². The number of carbonyl (C=O) groups is 1. The number of anilines is 1. The highest BCUT2D eigenvalue weighted by Crippen LogP contribution is 2.18. The molecule has 2 aromatic heterocycles. The van der Waals surface area contributed by atoms with Crippen molar-refractivity contribution in [1.29, 1.82) is 0 Å². The van der Waals surface area contributed by atoms with Crippen LogP contribution in [0, 0.1) is 0 Å². The molecule has 0 unspecified atom stereocenters. The molecule has 2 N–H and O–H groups in total. The number of amides is 1. The van der Waals surface area contributed by atoms with Gasteiger partial charge in [0.25, 0.3) is 5.91 Å². The third-order valence-corrected chi connectivity index (χ3v) is 4.58. The molecule has 1 fully saturated rings. The Balaban J connectivity index is 1.38. The SMILES string of the molecule is O=C(NCc1ccc(-c2ccn[nH]2)cc1)c1cncc(N2CCOCC2)c1. The van der Waals surface area contributed by atoms with Gasteiger partial charge in [-0.05, 0) is 23.3 Å². The van der Waals surface area contributed by atoms with Crippen molar-refractivity contribution in [3.8, 4) is 11.3 Å². The van der Waals surface area contributed by atoms with Crippen molar-refractivity contribution in [2.24, 2.45) is 0 Å². The van der Waals surface area contributed by atoms with Gasteiger partial charge < -0.3 is 15.0 Å². The summed E-state index contributed by atoms with van der Waals surface area (Å²) in [5, 5.41) is 9.85. The molecule has 7 heteroatoms. The Morgan fingerprint density at radius 1 is 1.15 bits per heavy atom. The predicted molar refractivity (Wildman–Crippen MR) is 102 cm³/mol. The topological polar surface area (TPSA) is 83.1 Å². The van der Waals surface area contributed by atoms with E-state index in [1.165, 1.54) is 0 Å². The van der Waals surface area contributed by atoms with Crippen molar-refractivity contribution in [2.75, 3.05) is 31.2 Å². The summed E-state index contributed by atoms with van der Waals surface area (Å²) < 4.78 is 5.37. The maximum Gasteiger partial charge on any atom is 0.253 e. The second kappa shape index (κ2) is 8.01. The average Bonchev–Trinajstić information content (AvgIpc) is 3.28. The largest absolute Gasteiger partial charge is 0.378 e. The number of aromatic nitrogens is 3. The molecule has 1 amide bonds. The number of morpholine rings is 1. The zero-order chi connectivity index (χ0) is 18.5. The van der Waals surface area contributed by atoms with E-state index in [9.17, 15) is 4.79 Å². The molecule has 7 nitrogen and oxygen atoms in total. The average molecular weight is 363 g/mol. The minimum atomic E-state index is -0.129. The van der Waals surface area contributed by atoms with Crippen LogP contribution in [0.5, 0.6) is 0 Å². The third-order valence-electron chi connectivity index (χ3n) is 4.58. The van der Waals surface area contributed by atoms with Gasteiger partial charge in [0, 0.05) is 32.0 Å². The molecule has 1 aliphatic rings. The van der Waals surface area contributed by atoms with Gasteiger partial charge in [-0.3, -0.25) is 14.9 Å². The fraction of sp³-hybridized carbons (Fsp3) is 0.250. The molecule has 3 aromatic rings. The van der Waals surface area contributed by atoms with Gasteiger partial charge in [0.15, 0.2) is 0 Å². The van der Waals surface area contributed by atoms with Crippen LogP contribution >= 0.6 is 0 Å². The molecule has 1 aromatic carbocycles. The van der Waals surface area contributed by atoms with Crippen LogP contribution in [0.25, 0.3) is 11.3 Å². The van der Waals surface area contributed by atoms with Gasteiger partial charge in [-0.25, -0.2) is 0 Å². The van der Waals surface area contributed by atoms with Gasteiger partial charge in [-0.1, -0.05) is 24.3 Å². The fourth-order valence-electron chi connectivity index (χ4n) is 3.05. The quantitative estimate of drug-likeness (QED) is 0.726. The molecule has 138 valence electrons. The normalized spacial score (nSPS) is 14.1. The number of hydrogen-bond acceptors (Lipinski definition) is 5. The standard InChI is InChI=1S/C20H21N5O2/c26-20(17-11-18(14-21-13-17)25-7-9-27-10-8-25)22-12-15-1-3-16(4-2-15)19-5-6-23-24-19/h1-6,11,13-14H,7-10,12H2,(H,22,26)(H,23,24). The van der Waals surface area contributed by atoms with Crippen LogP contribution in [0.4, 0.5) is 5.69 Å². The monoisotopic (exact) mass is 363 g/mol. The maximum atomic E-state index is 12.5. The van der Waals surface area contributed by atoms with E-state index >= 15 is 0 Å². The number of nitrogens with one attached hydrogen (secondary N) is 2. The van der Waals surface area contributed by atoms with Crippen molar-refractivity contribution in [2.45, 2.75) is 6.54 Å². The molecule has 0 radical (unpaired) electrons. The predicted octanol–water partition coefficient (Wildman–Crippen LogP) is 2.24. The van der Waals surface area contributed by atoms with Crippen LogP contribution in [-0.2, 0) is 11.3 Å². The van der Waals surface area contributed by atoms with E-state index in [-0.39, 0.29) is 5.91 Å². The highest BCUT2D eigenvalue weighted by Gasteiger charge is 2.14. The Kier molecular flexibility index (Phi) is 5.11. The number of rotatable bonds is 5. The molecule has 0 saturated carbocycles. The molecule has 1 saturated heterocycles. The number of H-pyrrole nitrogens is 1. The maximum absolute atomic E-state index is 12.5. The highest BCUT2D eigenvalue weighted by atomic mass is 16.5. The van der Waals surface area contributed by atoms with Crippen molar-refractivity contribution in [3.63, 3.8) is 0 Å². The zero-order valence-electron chi connectivity index (χ0n) is 14.9. The van der Waals surface area contributed by atoms with E-state index in [0.717, 1.165) is 35.6 Å². The highest BCUT2D eigenvalue weighted by molar-refractivity contribution is 5.94. The van der Waals surface area contributed by atoms with Crippen LogP contribution in [0.3, 0.4) is 0 Å². The Hall–Kier alpha value is -3.19. The molecule has 3 heterocycles. The first-order valence-electron chi connectivity index (χ1n) is 8.94. The van der Waals surface area contributed by atoms with Crippen LogP contribution in [0.15, 0.2) is 55.0 Å². The zero-order valence-corrected chi connectivity index (χ0v) is 14.9. The number of pyridine rings is 1. The van der Waals surface area contributed by atoms with Gasteiger partial charge in [0.05, 0.1) is 36.4 Å². The van der Waals surface area contributed by atoms with Crippen molar-refractivity contribution < 1.29 is 9.53 Å². The summed E-state index contributed by atoms with van der Waals surface area (Å²) >= 11 is 0. The van der Waals surface area contributed by atoms with Crippen LogP contribution < -0.4 is 10.2 Å². The number of aromatic amines is 1. The second-order valence-corrected chi connectivity index (χ2v) is 6.38. The smallest absolute Gasteiger partial charge is 0.253 e. The van der Waals surface area contributed by atoms with E-state index in [2.05, 4.69) is 25.4 Å². The minimum Gasteiger partial charge on any atom is -0.378 e. The number of hydrogen-bond donors (Lipinski definition) is 2. The number of benzene rings is 1. The lowest BCUT2D eigenvalue weighted by molar-refractivity contribution is 0.0950. The van der Waals surface area contributed by atoms with Crippen LogP contribution in [0.1, 0.15) is 15.9 Å². The number of nitrogens with zero attached hydrogens (tertiary/aromatic N) is 3. The molecular weight excluding hydrogens is 342 g/mol. The minimum absolute atomic E-state index is 0.129. The molecule has 0 bridgehead atoms. The Morgan fingerprint density at radius 3 is 2.70 bits per heavy atom. The molecule has 0 atom stereocenters. The molecular formula is C20H21N5O2. The second-order valence-electron chi connectivity index (χ2n) is 6.38. The summed E-state index contributed by atoms with van der Waals surface area (Å²) in [6, 6.07) is 11.8. The molecule has 1 aliphatic heterocycles. The van der Waals surface area contributed by atoms with E-state index in [1.807, 2.05) is 36.4 Å². The van der Waals surface area contributed by atoms with E-state index in [1.54, 1.807) is 18.6 Å². The first-order chi connectivity index (χ1) is 13.3. The van der Waals surface area contributed by atoms with E-state index in [4.69, 9.17) is 4.74 Å². The van der Waals surface area contributed by atoms with Gasteiger partial charge in [0.2, 0.25) is 0 Å². The van der Waals surface area contributed by atoms with Crippen molar-refractivity contribution in [3.05, 3.63) is 66.1 Å². The molecule has 0 aliphatic carbocycles. The fourth-order valence-corrected chi connectivity index (χ4v) is 3.05. The number of ether oxygens (including phenoxy) is 1. The van der Waals surface area contributed by atoms with Gasteiger partial charge in [-0.15, -0.1) is 0 Å². The Bertz CT molecular complexity index is 887. The lowest BCUT2D eigenvalue weighted by Crippen LogP contribution is -2.36. The molecule has 27 heavy (non-hydrogen) atoms. The summed E-state index contributed by atoms with van der Waals surface area (Å²) in [7, 11) is 0. The first-order valence-corrected chi connectivity index (χ1v) is 8.94. The summed E-state index contributed by atoms with van der Waals surface area (Å²) in [5.74, 6) is -0.129. The Labute approximate surface area is 157 Å². The summed E-state index contributed by atoms with van der Waals surface area (Å²) in [5.41, 5.74) is 4.58. The van der Waals surface area contributed by atoms with E-state index in [0.29, 0.717) is 25.3 Å².